The Labute approximate surface area is 596 Å². The topological polar surface area (TPSA) is 172 Å². The molecule has 0 saturated carbocycles. The fraction of sp³-hybridized carbons (Fsp3) is 0. The second-order valence-electron chi connectivity index (χ2n) is 24.7. The summed E-state index contributed by atoms with van der Waals surface area (Å²) in [6.45, 7) is 24.3. The van der Waals surface area contributed by atoms with E-state index in [-0.39, 0.29) is 33.8 Å². The van der Waals surface area contributed by atoms with Gasteiger partial charge in [-0.1, -0.05) is 218 Å². The Morgan fingerprint density at radius 1 is 0.269 bits per heavy atom. The Bertz CT molecular complexity index is 6090. The lowest BCUT2D eigenvalue weighted by atomic mass is 9.91. The summed E-state index contributed by atoms with van der Waals surface area (Å²) in [4.78, 5) is 43.2. The van der Waals surface area contributed by atoms with Gasteiger partial charge in [-0.3, -0.25) is 0 Å². The first kappa shape index (κ1) is 62.0. The standard InChI is InChI=1S/C90H48N14/c1-94-66-48-65(54-93)82(74(51-66)96-3)63-42-44-78-72(50-63)68-34-17-19-38-76(68)104(78)80-40-22-36-70(90-101-87(58-27-12-6-13-28-58)98-88(102-90)59-29-14-7-15-30-59)84(80)61-32-20-31-60(47-61)83-69(89-99-85(56-23-8-4-9-24-56)97-86(100-89)57-25-10-5-11-26-57)35-21-39-79(83)103-75-37-18-16-33-67(75)71-49-62(41-43-77(71)103)81-64(53-92)45-55(52-91)46-73(81)95-2/h4-51H. The van der Waals surface area contributed by atoms with Crippen molar-refractivity contribution in [2.75, 3.05) is 0 Å². The minimum absolute atomic E-state index is 0.202. The highest BCUT2D eigenvalue weighted by Gasteiger charge is 2.28. The smallest absolute Gasteiger partial charge is 0.197 e. The quantitative estimate of drug-likeness (QED) is 0.108. The Balaban J connectivity index is 0.965. The van der Waals surface area contributed by atoms with E-state index >= 15 is 0 Å². The van der Waals surface area contributed by atoms with Crippen LogP contribution in [-0.4, -0.2) is 39.0 Å². The van der Waals surface area contributed by atoms with Gasteiger partial charge >= 0.3 is 0 Å². The number of hydrogen-bond acceptors (Lipinski definition) is 9. The van der Waals surface area contributed by atoms with E-state index in [1.54, 1.807) is 0 Å². The molecule has 0 aliphatic heterocycles. The summed E-state index contributed by atoms with van der Waals surface area (Å²) in [7, 11) is 0. The third-order valence-corrected chi connectivity index (χ3v) is 18.8. The molecule has 0 aliphatic rings. The minimum Gasteiger partial charge on any atom is -0.309 e. The number of benzene rings is 13. The summed E-state index contributed by atoms with van der Waals surface area (Å²) < 4.78 is 4.51. The molecule has 4 heterocycles. The van der Waals surface area contributed by atoms with E-state index in [9.17, 15) is 15.8 Å². The minimum atomic E-state index is 0.202. The van der Waals surface area contributed by atoms with Crippen LogP contribution in [0.5, 0.6) is 0 Å². The van der Waals surface area contributed by atoms with Crippen molar-refractivity contribution >= 4 is 60.7 Å². The van der Waals surface area contributed by atoms with Crippen LogP contribution in [0.4, 0.5) is 17.1 Å². The number of nitrogens with zero attached hydrogens (tertiary/aromatic N) is 14. The Hall–Kier alpha value is -15.6. The summed E-state index contributed by atoms with van der Waals surface area (Å²) >= 11 is 0. The van der Waals surface area contributed by atoms with E-state index in [4.69, 9.17) is 49.6 Å². The first-order chi connectivity index (χ1) is 51.3. The van der Waals surface area contributed by atoms with Crippen LogP contribution >= 0.6 is 0 Å². The molecule has 0 unspecified atom stereocenters. The van der Waals surface area contributed by atoms with Gasteiger partial charge in [0.15, 0.2) is 52.0 Å². The van der Waals surface area contributed by atoms with E-state index in [0.29, 0.717) is 68.3 Å². The first-order valence-electron chi connectivity index (χ1n) is 33.2. The molecule has 0 atom stereocenters. The normalized spacial score (nSPS) is 11.0. The first-order valence-corrected chi connectivity index (χ1v) is 33.2. The molecular formula is C90H48N14. The van der Waals surface area contributed by atoms with Gasteiger partial charge in [0.05, 0.1) is 76.9 Å². The predicted molar refractivity (Wildman–Crippen MR) is 409 cm³/mol. The molecule has 0 bridgehead atoms. The number of fused-ring (bicyclic) bond motifs is 6. The van der Waals surface area contributed by atoms with Crippen molar-refractivity contribution in [3.8, 4) is 142 Å². The van der Waals surface area contributed by atoms with Crippen molar-refractivity contribution < 1.29 is 0 Å². The molecule has 478 valence electrons. The number of rotatable bonds is 12. The van der Waals surface area contributed by atoms with Gasteiger partial charge in [-0.05, 0) is 95.1 Å². The molecule has 0 spiro atoms. The average Bonchev–Trinajstić information content (AvgIpc) is 1.53. The molecule has 13 aromatic carbocycles. The molecule has 104 heavy (non-hydrogen) atoms. The maximum atomic E-state index is 10.6. The van der Waals surface area contributed by atoms with Gasteiger partial charge in [0, 0.05) is 88.3 Å². The SMILES string of the molecule is [C-]#[N+]c1cc(C#N)c(-c2ccc3c(c2)c2ccccc2n3-c2cccc(-c3nc(-c4ccccc4)nc(-c4ccccc4)n3)c2-c2cccc(-c3c(-c4nc(-c5ccccc5)nc(-c5ccccc5)n4)cccc3-n3c4ccccc4c4cc(-c5c(C#N)cc(C#N)cc5[N+]#[C-])ccc43)c2)c([N+]#[C-])c1. The lowest BCUT2D eigenvalue weighted by molar-refractivity contribution is 1.07. The third-order valence-electron chi connectivity index (χ3n) is 18.8. The summed E-state index contributed by atoms with van der Waals surface area (Å²) in [6, 6.07) is 102. The van der Waals surface area contributed by atoms with Gasteiger partial charge < -0.3 is 9.13 Å². The van der Waals surface area contributed by atoms with Crippen LogP contribution in [0.3, 0.4) is 0 Å². The molecule has 0 aliphatic carbocycles. The fourth-order valence-electron chi connectivity index (χ4n) is 14.2. The third kappa shape index (κ3) is 10.7. The monoisotopic (exact) mass is 1320 g/mol. The van der Waals surface area contributed by atoms with Crippen LogP contribution in [0.2, 0.25) is 0 Å². The molecule has 17 aromatic rings. The molecule has 0 radical (unpaired) electrons. The van der Waals surface area contributed by atoms with Crippen LogP contribution in [0.15, 0.2) is 291 Å². The zero-order valence-corrected chi connectivity index (χ0v) is 55.0. The highest BCUT2D eigenvalue weighted by Crippen LogP contribution is 2.48. The van der Waals surface area contributed by atoms with Gasteiger partial charge in [-0.15, -0.1) is 0 Å². The summed E-state index contributed by atoms with van der Waals surface area (Å²) in [5, 5.41) is 34.7. The summed E-state index contributed by atoms with van der Waals surface area (Å²) in [5.41, 5.74) is 16.3. The highest BCUT2D eigenvalue weighted by molar-refractivity contribution is 6.14. The van der Waals surface area contributed by atoms with Crippen molar-refractivity contribution in [1.29, 1.82) is 15.8 Å². The maximum Gasteiger partial charge on any atom is 0.197 e. The maximum absolute atomic E-state index is 10.6. The van der Waals surface area contributed by atoms with Gasteiger partial charge in [0.1, 0.15) is 0 Å². The molecule has 0 amide bonds. The number of aromatic nitrogens is 8. The zero-order valence-electron chi connectivity index (χ0n) is 55.0. The van der Waals surface area contributed by atoms with E-state index in [1.165, 1.54) is 24.3 Å². The molecule has 0 saturated heterocycles. The van der Waals surface area contributed by atoms with Gasteiger partial charge in [-0.2, -0.15) is 15.8 Å². The van der Waals surface area contributed by atoms with Crippen molar-refractivity contribution in [1.82, 2.24) is 39.0 Å². The van der Waals surface area contributed by atoms with Gasteiger partial charge in [-0.25, -0.2) is 44.4 Å². The summed E-state index contributed by atoms with van der Waals surface area (Å²) in [6.07, 6.45) is 0. The Kier molecular flexibility index (Phi) is 15.5. The van der Waals surface area contributed by atoms with Crippen molar-refractivity contribution in [2.24, 2.45) is 0 Å². The van der Waals surface area contributed by atoms with Crippen LogP contribution in [-0.2, 0) is 0 Å². The number of nitriles is 3. The molecular weight excluding hydrogens is 1280 g/mol. The Morgan fingerprint density at radius 2 is 0.625 bits per heavy atom. The van der Waals surface area contributed by atoms with Crippen LogP contribution in [0, 0.1) is 53.7 Å². The largest absolute Gasteiger partial charge is 0.309 e. The molecule has 0 N–H and O–H groups in total. The molecule has 14 nitrogen and oxygen atoms in total. The van der Waals surface area contributed by atoms with E-state index in [1.807, 2.05) is 194 Å². The number of para-hydroxylation sites is 2. The second-order valence-corrected chi connectivity index (χ2v) is 24.7. The van der Waals surface area contributed by atoms with Crippen molar-refractivity contribution in [2.45, 2.75) is 0 Å². The number of hydrogen-bond donors (Lipinski definition) is 0. The van der Waals surface area contributed by atoms with E-state index < -0.39 is 0 Å². The molecule has 0 fully saturated rings. The predicted octanol–water partition coefficient (Wildman–Crippen LogP) is 22.2. The highest BCUT2D eigenvalue weighted by atomic mass is 15.1. The van der Waals surface area contributed by atoms with Crippen LogP contribution in [0.25, 0.3) is 182 Å². The lowest BCUT2D eigenvalue weighted by Crippen LogP contribution is -2.05. The van der Waals surface area contributed by atoms with Crippen LogP contribution < -0.4 is 0 Å². The van der Waals surface area contributed by atoms with E-state index in [2.05, 4.69) is 115 Å². The Morgan fingerprint density at radius 3 is 1.03 bits per heavy atom. The molecule has 17 rings (SSSR count). The van der Waals surface area contributed by atoms with Gasteiger partial charge in [0.2, 0.25) is 0 Å². The zero-order chi connectivity index (χ0) is 70.4. The molecule has 14 heteroatoms. The van der Waals surface area contributed by atoms with Crippen molar-refractivity contribution in [3.63, 3.8) is 0 Å². The fourth-order valence-corrected chi connectivity index (χ4v) is 14.2. The van der Waals surface area contributed by atoms with Crippen LogP contribution in [0.1, 0.15) is 16.7 Å². The average molecular weight is 1330 g/mol. The second kappa shape index (κ2) is 26.0. The summed E-state index contributed by atoms with van der Waals surface area (Å²) in [5.74, 6) is 2.78. The van der Waals surface area contributed by atoms with Gasteiger partial charge in [0.25, 0.3) is 0 Å². The van der Waals surface area contributed by atoms with Crippen molar-refractivity contribution in [3.05, 3.63) is 342 Å². The molecule has 4 aromatic heterocycles. The van der Waals surface area contributed by atoms with E-state index in [0.717, 1.165) is 99.5 Å². The lowest BCUT2D eigenvalue weighted by Gasteiger charge is -2.21.